The zero-order chi connectivity index (χ0) is 10.6. The Hall–Kier alpha value is -0.0900. The Bertz CT molecular complexity index is 234. The van der Waals surface area contributed by atoms with E-state index in [1.807, 2.05) is 7.05 Å². The van der Waals surface area contributed by atoms with Crippen molar-refractivity contribution in [3.05, 3.63) is 0 Å². The molecule has 0 aliphatic heterocycles. The molecular weight excluding hydrogens is 186 g/mol. The van der Waals surface area contributed by atoms with Crippen molar-refractivity contribution in [2.24, 2.45) is 5.92 Å². The van der Waals surface area contributed by atoms with Crippen LogP contribution in [0.3, 0.4) is 0 Å². The van der Waals surface area contributed by atoms with Crippen LogP contribution < -0.4 is 5.32 Å². The van der Waals surface area contributed by atoms with Gasteiger partial charge in [0, 0.05) is 12.3 Å². The summed E-state index contributed by atoms with van der Waals surface area (Å²) in [5.74, 6) is 0.515. The first-order chi connectivity index (χ1) is 5.79. The van der Waals surface area contributed by atoms with E-state index in [1.165, 1.54) is 6.26 Å². The molecule has 0 spiro atoms. The van der Waals surface area contributed by atoms with Crippen molar-refractivity contribution < 1.29 is 8.42 Å². The van der Waals surface area contributed by atoms with Crippen LogP contribution >= 0.6 is 0 Å². The molecule has 80 valence electrons. The maximum absolute atomic E-state index is 11.3. The molecule has 0 amide bonds. The first kappa shape index (κ1) is 12.9. The monoisotopic (exact) mass is 207 g/mol. The minimum Gasteiger partial charge on any atom is -0.316 e. The minimum atomic E-state index is -2.92. The second kappa shape index (κ2) is 4.96. The SMILES string of the molecule is CNC(CC(C)C)C(C)S(C)(=O)=O. The zero-order valence-corrected chi connectivity index (χ0v) is 9.98. The van der Waals surface area contributed by atoms with Gasteiger partial charge in [-0.05, 0) is 26.3 Å². The van der Waals surface area contributed by atoms with Gasteiger partial charge in [0.05, 0.1) is 5.25 Å². The van der Waals surface area contributed by atoms with E-state index in [2.05, 4.69) is 19.2 Å². The molecule has 0 saturated heterocycles. The molecule has 0 heterocycles. The van der Waals surface area contributed by atoms with Crippen molar-refractivity contribution in [2.75, 3.05) is 13.3 Å². The second-order valence-corrected chi connectivity index (χ2v) is 6.46. The highest BCUT2D eigenvalue weighted by atomic mass is 32.2. The van der Waals surface area contributed by atoms with Crippen molar-refractivity contribution in [1.29, 1.82) is 0 Å². The largest absolute Gasteiger partial charge is 0.316 e. The summed E-state index contributed by atoms with van der Waals surface area (Å²) in [4.78, 5) is 0. The van der Waals surface area contributed by atoms with E-state index in [9.17, 15) is 8.42 Å². The van der Waals surface area contributed by atoms with Crippen LogP contribution in [0.2, 0.25) is 0 Å². The molecule has 1 N–H and O–H groups in total. The van der Waals surface area contributed by atoms with Crippen LogP contribution in [-0.4, -0.2) is 33.0 Å². The van der Waals surface area contributed by atoms with Crippen LogP contribution in [0.4, 0.5) is 0 Å². The lowest BCUT2D eigenvalue weighted by Gasteiger charge is -2.23. The van der Waals surface area contributed by atoms with Crippen LogP contribution in [0.25, 0.3) is 0 Å². The Labute approximate surface area is 81.8 Å². The maximum Gasteiger partial charge on any atom is 0.151 e. The van der Waals surface area contributed by atoms with Crippen LogP contribution in [0.1, 0.15) is 27.2 Å². The smallest absolute Gasteiger partial charge is 0.151 e. The molecule has 0 aliphatic rings. The molecule has 2 atom stereocenters. The van der Waals surface area contributed by atoms with E-state index >= 15 is 0 Å². The van der Waals surface area contributed by atoms with Crippen LogP contribution in [0.15, 0.2) is 0 Å². The molecule has 4 heteroatoms. The lowest BCUT2D eigenvalue weighted by atomic mass is 10.0. The Kier molecular flexibility index (Phi) is 4.92. The van der Waals surface area contributed by atoms with Crippen molar-refractivity contribution in [1.82, 2.24) is 5.32 Å². The molecule has 3 nitrogen and oxygen atoms in total. The van der Waals surface area contributed by atoms with E-state index in [0.717, 1.165) is 6.42 Å². The van der Waals surface area contributed by atoms with Crippen molar-refractivity contribution in [2.45, 2.75) is 38.5 Å². The first-order valence-corrected chi connectivity index (χ1v) is 6.60. The van der Waals surface area contributed by atoms with Gasteiger partial charge < -0.3 is 5.32 Å². The van der Waals surface area contributed by atoms with Crippen molar-refractivity contribution in [3.8, 4) is 0 Å². The highest BCUT2D eigenvalue weighted by Crippen LogP contribution is 2.12. The van der Waals surface area contributed by atoms with Gasteiger partial charge in [0.25, 0.3) is 0 Å². The van der Waals surface area contributed by atoms with Crippen molar-refractivity contribution in [3.63, 3.8) is 0 Å². The van der Waals surface area contributed by atoms with Gasteiger partial charge in [-0.25, -0.2) is 8.42 Å². The molecule has 0 aliphatic carbocycles. The van der Waals surface area contributed by atoms with Gasteiger partial charge in [0.1, 0.15) is 0 Å². The van der Waals surface area contributed by atoms with E-state index < -0.39 is 9.84 Å². The number of hydrogen-bond donors (Lipinski definition) is 1. The molecule has 0 rings (SSSR count). The molecule has 0 radical (unpaired) electrons. The Morgan fingerprint density at radius 2 is 1.69 bits per heavy atom. The molecule has 0 bridgehead atoms. The number of hydrogen-bond acceptors (Lipinski definition) is 3. The summed E-state index contributed by atoms with van der Waals surface area (Å²) in [5.41, 5.74) is 0. The number of sulfone groups is 1. The van der Waals surface area contributed by atoms with Gasteiger partial charge in [0.15, 0.2) is 9.84 Å². The summed E-state index contributed by atoms with van der Waals surface area (Å²) in [6, 6.07) is 0.0648. The summed E-state index contributed by atoms with van der Waals surface area (Å²) in [5, 5.41) is 2.75. The predicted molar refractivity (Wildman–Crippen MR) is 56.6 cm³/mol. The van der Waals surface area contributed by atoms with Gasteiger partial charge in [-0.2, -0.15) is 0 Å². The summed E-state index contributed by atoms with van der Waals surface area (Å²) in [6.45, 7) is 5.96. The fraction of sp³-hybridized carbons (Fsp3) is 1.00. The van der Waals surface area contributed by atoms with Gasteiger partial charge >= 0.3 is 0 Å². The average Bonchev–Trinajstić information content (AvgIpc) is 1.96. The maximum atomic E-state index is 11.3. The molecule has 0 fully saturated rings. The zero-order valence-electron chi connectivity index (χ0n) is 9.16. The highest BCUT2D eigenvalue weighted by Gasteiger charge is 2.24. The van der Waals surface area contributed by atoms with E-state index in [1.54, 1.807) is 6.92 Å². The Morgan fingerprint density at radius 3 is 1.92 bits per heavy atom. The molecular formula is C9H21NO2S. The predicted octanol–water partition coefficient (Wildman–Crippen LogP) is 1.05. The molecule has 0 aromatic rings. The lowest BCUT2D eigenvalue weighted by Crippen LogP contribution is -2.41. The number of nitrogens with one attached hydrogen (secondary N) is 1. The molecule has 0 aromatic heterocycles. The molecule has 0 saturated carbocycles. The van der Waals surface area contributed by atoms with Gasteiger partial charge in [-0.15, -0.1) is 0 Å². The van der Waals surface area contributed by atoms with Gasteiger partial charge in [0.2, 0.25) is 0 Å². The van der Waals surface area contributed by atoms with E-state index in [-0.39, 0.29) is 11.3 Å². The third-order valence-corrected chi connectivity index (χ3v) is 4.02. The first-order valence-electron chi connectivity index (χ1n) is 4.65. The Morgan fingerprint density at radius 1 is 1.23 bits per heavy atom. The average molecular weight is 207 g/mol. The standard InChI is InChI=1S/C9H21NO2S/c1-7(2)6-9(10-4)8(3)13(5,11)12/h7-10H,6H2,1-5H3. The molecule has 2 unspecified atom stereocenters. The van der Waals surface area contributed by atoms with Crippen LogP contribution in [-0.2, 0) is 9.84 Å². The topological polar surface area (TPSA) is 46.2 Å². The fourth-order valence-corrected chi connectivity index (χ4v) is 2.19. The summed E-state index contributed by atoms with van der Waals surface area (Å²) in [6.07, 6.45) is 2.19. The van der Waals surface area contributed by atoms with Crippen LogP contribution in [0.5, 0.6) is 0 Å². The minimum absolute atomic E-state index is 0.0648. The summed E-state index contributed by atoms with van der Waals surface area (Å²) in [7, 11) is -1.11. The third-order valence-electron chi connectivity index (χ3n) is 2.34. The van der Waals surface area contributed by atoms with E-state index in [4.69, 9.17) is 0 Å². The highest BCUT2D eigenvalue weighted by molar-refractivity contribution is 7.91. The normalized spacial score (nSPS) is 17.4. The lowest BCUT2D eigenvalue weighted by molar-refractivity contribution is 0.429. The third kappa shape index (κ3) is 4.62. The molecule has 13 heavy (non-hydrogen) atoms. The fourth-order valence-electron chi connectivity index (χ4n) is 1.35. The van der Waals surface area contributed by atoms with E-state index in [0.29, 0.717) is 5.92 Å². The Balaban J connectivity index is 4.41. The number of rotatable bonds is 5. The van der Waals surface area contributed by atoms with Gasteiger partial charge in [-0.1, -0.05) is 13.8 Å². The van der Waals surface area contributed by atoms with Gasteiger partial charge in [-0.3, -0.25) is 0 Å². The quantitative estimate of drug-likeness (QED) is 0.733. The van der Waals surface area contributed by atoms with Crippen molar-refractivity contribution >= 4 is 9.84 Å². The second-order valence-electron chi connectivity index (χ2n) is 4.06. The summed E-state index contributed by atoms with van der Waals surface area (Å²) >= 11 is 0. The molecule has 0 aromatic carbocycles. The van der Waals surface area contributed by atoms with Crippen LogP contribution in [0, 0.1) is 5.92 Å². The summed E-state index contributed by atoms with van der Waals surface area (Å²) < 4.78 is 22.5.